The van der Waals surface area contributed by atoms with Crippen LogP contribution < -0.4 is 20.5 Å². The lowest BCUT2D eigenvalue weighted by Crippen LogP contribution is -2.16. The fourth-order valence-corrected chi connectivity index (χ4v) is 4.26. The van der Waals surface area contributed by atoms with Crippen LogP contribution in [0, 0.1) is 18.3 Å². The molecule has 1 saturated heterocycles. The smallest absolute Gasteiger partial charge is 0.144 e. The SMILES string of the molecule is Cc1ccc(COc2ccc(Nc3c(C#N)cnc4cc(OC5CCOC5)c(N)cc34)cc2Cl)cc1. The summed E-state index contributed by atoms with van der Waals surface area (Å²) in [5.41, 5.74) is 11.4. The third-order valence-electron chi connectivity index (χ3n) is 6.02. The number of rotatable bonds is 7. The summed E-state index contributed by atoms with van der Waals surface area (Å²) in [5.74, 6) is 1.13. The standard InChI is InChI=1S/C28H25ClN4O3/c1-17-2-4-18(5-3-17)15-35-26-7-6-20(10-23(26)29)33-28-19(13-30)14-32-25-12-27(24(31)11-22(25)28)36-21-8-9-34-16-21/h2-7,10-12,14,21H,8-9,15-16,31H2,1H3,(H,32,33). The molecule has 0 amide bonds. The molecule has 8 heteroatoms. The number of hydrogen-bond acceptors (Lipinski definition) is 7. The predicted octanol–water partition coefficient (Wildman–Crippen LogP) is 6.14. The molecule has 0 aliphatic carbocycles. The molecule has 0 spiro atoms. The molecular weight excluding hydrogens is 476 g/mol. The molecule has 0 saturated carbocycles. The van der Waals surface area contributed by atoms with Crippen LogP contribution in [0.15, 0.2) is 60.8 Å². The van der Waals surface area contributed by atoms with Gasteiger partial charge in [0.1, 0.15) is 30.3 Å². The van der Waals surface area contributed by atoms with E-state index in [2.05, 4.69) is 16.4 Å². The highest BCUT2D eigenvalue weighted by molar-refractivity contribution is 6.32. The number of halogens is 1. The summed E-state index contributed by atoms with van der Waals surface area (Å²) in [6.45, 7) is 3.67. The minimum Gasteiger partial charge on any atom is -0.487 e. The molecule has 5 rings (SSSR count). The Morgan fingerprint density at radius 3 is 2.72 bits per heavy atom. The van der Waals surface area contributed by atoms with Gasteiger partial charge in [0, 0.05) is 29.8 Å². The Hall–Kier alpha value is -3.99. The van der Waals surface area contributed by atoms with Gasteiger partial charge >= 0.3 is 0 Å². The van der Waals surface area contributed by atoms with Gasteiger partial charge in [-0.1, -0.05) is 41.4 Å². The zero-order chi connectivity index (χ0) is 25.1. The molecule has 4 aromatic rings. The minimum atomic E-state index is -0.0328. The second-order valence-corrected chi connectivity index (χ2v) is 9.12. The van der Waals surface area contributed by atoms with Crippen LogP contribution in [0.5, 0.6) is 11.5 Å². The number of fused-ring (bicyclic) bond motifs is 1. The third-order valence-corrected chi connectivity index (χ3v) is 6.31. The van der Waals surface area contributed by atoms with Crippen molar-refractivity contribution in [1.29, 1.82) is 5.26 Å². The number of aromatic nitrogens is 1. The Morgan fingerprint density at radius 2 is 2.00 bits per heavy atom. The Balaban J connectivity index is 1.39. The van der Waals surface area contributed by atoms with E-state index in [1.165, 1.54) is 11.8 Å². The maximum atomic E-state index is 9.72. The van der Waals surface area contributed by atoms with Crippen molar-refractivity contribution < 1.29 is 14.2 Å². The number of aryl methyl sites for hydroxylation is 1. The van der Waals surface area contributed by atoms with E-state index in [4.69, 9.17) is 31.5 Å². The maximum absolute atomic E-state index is 9.72. The van der Waals surface area contributed by atoms with Gasteiger partial charge in [0.2, 0.25) is 0 Å². The maximum Gasteiger partial charge on any atom is 0.144 e. The lowest BCUT2D eigenvalue weighted by atomic mass is 10.1. The van der Waals surface area contributed by atoms with E-state index in [-0.39, 0.29) is 6.10 Å². The van der Waals surface area contributed by atoms with Crippen molar-refractivity contribution in [3.05, 3.63) is 82.5 Å². The molecular formula is C28H25ClN4O3. The molecule has 3 aromatic carbocycles. The summed E-state index contributed by atoms with van der Waals surface area (Å²) in [7, 11) is 0. The average molecular weight is 501 g/mol. The van der Waals surface area contributed by atoms with Gasteiger partial charge in [0.25, 0.3) is 0 Å². The van der Waals surface area contributed by atoms with Crippen LogP contribution in [-0.2, 0) is 11.3 Å². The van der Waals surface area contributed by atoms with Crippen molar-refractivity contribution in [1.82, 2.24) is 4.98 Å². The number of nitrogens with two attached hydrogens (primary N) is 1. The van der Waals surface area contributed by atoms with Gasteiger partial charge in [-0.3, -0.25) is 4.98 Å². The molecule has 36 heavy (non-hydrogen) atoms. The number of nitrogens with zero attached hydrogens (tertiary/aromatic N) is 2. The van der Waals surface area contributed by atoms with E-state index < -0.39 is 0 Å². The molecule has 7 nitrogen and oxygen atoms in total. The third kappa shape index (κ3) is 5.15. The van der Waals surface area contributed by atoms with E-state index in [9.17, 15) is 5.26 Å². The molecule has 0 radical (unpaired) electrons. The van der Waals surface area contributed by atoms with Crippen molar-refractivity contribution in [3.63, 3.8) is 0 Å². The van der Waals surface area contributed by atoms with Crippen LogP contribution in [0.3, 0.4) is 0 Å². The quantitative estimate of drug-likeness (QED) is 0.294. The van der Waals surface area contributed by atoms with Crippen LogP contribution >= 0.6 is 11.6 Å². The summed E-state index contributed by atoms with van der Waals surface area (Å²) >= 11 is 6.52. The summed E-state index contributed by atoms with van der Waals surface area (Å²) in [6.07, 6.45) is 2.31. The Labute approximate surface area is 214 Å². The number of anilines is 3. The molecule has 1 aliphatic rings. The topological polar surface area (TPSA) is 102 Å². The normalized spacial score (nSPS) is 15.0. The van der Waals surface area contributed by atoms with Crippen LogP contribution in [-0.4, -0.2) is 24.3 Å². The number of benzene rings is 3. The highest BCUT2D eigenvalue weighted by Gasteiger charge is 2.20. The van der Waals surface area contributed by atoms with Gasteiger partial charge in [-0.2, -0.15) is 5.26 Å². The van der Waals surface area contributed by atoms with Crippen molar-refractivity contribution in [2.24, 2.45) is 0 Å². The van der Waals surface area contributed by atoms with Gasteiger partial charge in [-0.05, 0) is 36.8 Å². The number of hydrogen-bond donors (Lipinski definition) is 2. The fraction of sp³-hybridized carbons (Fsp3) is 0.214. The zero-order valence-corrected chi connectivity index (χ0v) is 20.5. The highest BCUT2D eigenvalue weighted by Crippen LogP contribution is 2.37. The summed E-state index contributed by atoms with van der Waals surface area (Å²) in [6, 6.07) is 19.3. The van der Waals surface area contributed by atoms with E-state index in [0.29, 0.717) is 69.9 Å². The van der Waals surface area contributed by atoms with Gasteiger partial charge in [-0.15, -0.1) is 0 Å². The molecule has 1 fully saturated rings. The number of nitriles is 1. The van der Waals surface area contributed by atoms with Gasteiger partial charge in [-0.25, -0.2) is 0 Å². The molecule has 1 unspecified atom stereocenters. The van der Waals surface area contributed by atoms with Crippen LogP contribution in [0.4, 0.5) is 17.1 Å². The number of nitrogen functional groups attached to an aromatic ring is 1. The average Bonchev–Trinajstić information content (AvgIpc) is 3.39. The van der Waals surface area contributed by atoms with Crippen molar-refractivity contribution in [3.8, 4) is 17.6 Å². The summed E-state index contributed by atoms with van der Waals surface area (Å²) in [4.78, 5) is 4.45. The fourth-order valence-electron chi connectivity index (χ4n) is 4.03. The Bertz CT molecular complexity index is 1440. The predicted molar refractivity (Wildman–Crippen MR) is 141 cm³/mol. The number of ether oxygens (including phenoxy) is 3. The second-order valence-electron chi connectivity index (χ2n) is 8.71. The first-order valence-electron chi connectivity index (χ1n) is 11.6. The molecule has 182 valence electrons. The molecule has 0 bridgehead atoms. The Morgan fingerprint density at radius 1 is 1.17 bits per heavy atom. The largest absolute Gasteiger partial charge is 0.487 e. The van der Waals surface area contributed by atoms with E-state index in [1.54, 1.807) is 24.3 Å². The van der Waals surface area contributed by atoms with E-state index in [1.807, 2.05) is 37.3 Å². The number of nitrogens with one attached hydrogen (secondary N) is 1. The minimum absolute atomic E-state index is 0.0328. The lowest BCUT2D eigenvalue weighted by Gasteiger charge is -2.17. The first-order chi connectivity index (χ1) is 17.5. The summed E-state index contributed by atoms with van der Waals surface area (Å²) < 4.78 is 17.3. The van der Waals surface area contributed by atoms with Crippen LogP contribution in [0.1, 0.15) is 23.1 Å². The van der Waals surface area contributed by atoms with Crippen molar-refractivity contribution in [2.75, 3.05) is 24.3 Å². The molecule has 2 heterocycles. The van der Waals surface area contributed by atoms with E-state index in [0.717, 1.165) is 12.0 Å². The lowest BCUT2D eigenvalue weighted by molar-refractivity contribution is 0.142. The summed E-state index contributed by atoms with van der Waals surface area (Å²) in [5, 5.41) is 14.2. The van der Waals surface area contributed by atoms with Gasteiger partial charge < -0.3 is 25.3 Å². The molecule has 1 atom stereocenters. The Kier molecular flexibility index (Phi) is 6.81. The first-order valence-corrected chi connectivity index (χ1v) is 12.0. The van der Waals surface area contributed by atoms with Crippen molar-refractivity contribution >= 4 is 39.6 Å². The van der Waals surface area contributed by atoms with Gasteiger partial charge in [0.15, 0.2) is 0 Å². The van der Waals surface area contributed by atoms with E-state index >= 15 is 0 Å². The molecule has 1 aromatic heterocycles. The van der Waals surface area contributed by atoms with Crippen LogP contribution in [0.2, 0.25) is 5.02 Å². The zero-order valence-electron chi connectivity index (χ0n) is 19.8. The number of pyridine rings is 1. The monoisotopic (exact) mass is 500 g/mol. The van der Waals surface area contributed by atoms with Gasteiger partial charge in [0.05, 0.1) is 40.7 Å². The molecule has 3 N–H and O–H groups in total. The first kappa shape index (κ1) is 23.7. The second kappa shape index (κ2) is 10.3. The molecule has 1 aliphatic heterocycles. The highest BCUT2D eigenvalue weighted by atomic mass is 35.5. The van der Waals surface area contributed by atoms with Crippen molar-refractivity contribution in [2.45, 2.75) is 26.1 Å². The van der Waals surface area contributed by atoms with Crippen LogP contribution in [0.25, 0.3) is 10.9 Å².